The Balaban J connectivity index is 3.40. The van der Waals surface area contributed by atoms with E-state index >= 15 is 0 Å². The van der Waals surface area contributed by atoms with E-state index in [9.17, 15) is 0 Å². The van der Waals surface area contributed by atoms with Gasteiger partial charge in [-0.25, -0.2) is 0 Å². The Labute approximate surface area is 177 Å². The van der Waals surface area contributed by atoms with Gasteiger partial charge in [-0.15, -0.1) is 0 Å². The Morgan fingerprint density at radius 1 is 0.571 bits per heavy atom. The molecule has 1 aromatic carbocycles. The fourth-order valence-electron chi connectivity index (χ4n) is 4.47. The van der Waals surface area contributed by atoms with Crippen LogP contribution in [0.2, 0.25) is 0 Å². The van der Waals surface area contributed by atoms with Crippen LogP contribution in [0, 0.1) is 0 Å². The number of benzene rings is 1. The predicted octanol–water partition coefficient (Wildman–Crippen LogP) is 8.63. The average Bonchev–Trinajstić information content (AvgIpc) is 2.77. The second kappa shape index (κ2) is 10.6. The van der Waals surface area contributed by atoms with Crippen molar-refractivity contribution < 1.29 is 8.62 Å². The van der Waals surface area contributed by atoms with Crippen LogP contribution in [0.15, 0.2) is 30.3 Å². The third-order valence-corrected chi connectivity index (χ3v) is 26.8. The van der Waals surface area contributed by atoms with E-state index in [1.54, 1.807) is 0 Å². The van der Waals surface area contributed by atoms with Crippen molar-refractivity contribution in [2.75, 3.05) is 49.3 Å². The van der Waals surface area contributed by atoms with E-state index in [1.807, 2.05) is 0 Å². The number of hydrogen-bond donors (Lipinski definition) is 0. The minimum atomic E-state index is -2.21. The van der Waals surface area contributed by atoms with Crippen molar-refractivity contribution in [3.05, 3.63) is 35.9 Å². The third-order valence-electron chi connectivity index (χ3n) is 8.20. The summed E-state index contributed by atoms with van der Waals surface area (Å²) in [6.45, 7) is 14.4. The van der Waals surface area contributed by atoms with Crippen molar-refractivity contribution in [2.24, 2.45) is 0 Å². The summed E-state index contributed by atoms with van der Waals surface area (Å²) < 4.78 is 14.6. The molecule has 0 radical (unpaired) electrons. The van der Waals surface area contributed by atoms with E-state index in [1.165, 1.54) is 54.9 Å². The molecule has 0 fully saturated rings. The molecule has 166 valence electrons. The van der Waals surface area contributed by atoms with Crippen molar-refractivity contribution in [2.45, 2.75) is 61.6 Å². The van der Waals surface area contributed by atoms with Crippen LogP contribution in [0.25, 0.3) is 0 Å². The Bertz CT molecular complexity index is 504. The standard InChI is InChI=1S/C23H47O2P3/c1-9-27(10-2,11-3,12-4)24-26(22-23-20-18-17-19-21-23)25-28(13-5,14-6,15-7)16-8/h17-21H,9-16,22H2,1-8H3. The van der Waals surface area contributed by atoms with E-state index in [4.69, 9.17) is 8.62 Å². The molecule has 0 amide bonds. The topological polar surface area (TPSA) is 18.5 Å². The molecule has 1 aromatic rings. The Morgan fingerprint density at radius 3 is 1.18 bits per heavy atom. The first-order chi connectivity index (χ1) is 13.3. The fourth-order valence-corrected chi connectivity index (χ4v) is 19.0. The zero-order chi connectivity index (χ0) is 21.4. The summed E-state index contributed by atoms with van der Waals surface area (Å²) in [5, 5.41) is 0. The number of rotatable bonds is 14. The fraction of sp³-hybridized carbons (Fsp3) is 0.739. The third kappa shape index (κ3) is 5.37. The van der Waals surface area contributed by atoms with E-state index in [0.717, 1.165) is 6.16 Å². The van der Waals surface area contributed by atoms with Crippen LogP contribution in [0.1, 0.15) is 61.0 Å². The van der Waals surface area contributed by atoms with Crippen LogP contribution in [0.5, 0.6) is 0 Å². The summed E-state index contributed by atoms with van der Waals surface area (Å²) >= 11 is 0. The van der Waals surface area contributed by atoms with Crippen LogP contribution in [0.3, 0.4) is 0 Å². The van der Waals surface area contributed by atoms with Crippen molar-refractivity contribution in [1.29, 1.82) is 0 Å². The molecule has 28 heavy (non-hydrogen) atoms. The Morgan fingerprint density at radius 2 is 0.893 bits per heavy atom. The molecule has 0 N–H and O–H groups in total. The van der Waals surface area contributed by atoms with Gasteiger partial charge in [0.05, 0.1) is 0 Å². The van der Waals surface area contributed by atoms with E-state index in [-0.39, 0.29) is 0 Å². The van der Waals surface area contributed by atoms with Gasteiger partial charge in [0.1, 0.15) is 0 Å². The van der Waals surface area contributed by atoms with Gasteiger partial charge in [-0.05, 0) is 0 Å². The SMILES string of the molecule is CCP(CC)(CC)(CC)OP(Cc1ccccc1)OP(CC)(CC)(CC)CC. The van der Waals surface area contributed by atoms with Crippen LogP contribution < -0.4 is 0 Å². The van der Waals surface area contributed by atoms with Crippen LogP contribution in [-0.4, -0.2) is 49.3 Å². The van der Waals surface area contributed by atoms with Crippen LogP contribution in [-0.2, 0) is 14.8 Å². The summed E-state index contributed by atoms with van der Waals surface area (Å²) in [5.74, 6) is 0. The maximum absolute atomic E-state index is 7.32. The van der Waals surface area contributed by atoms with Crippen molar-refractivity contribution in [3.8, 4) is 0 Å². The Kier molecular flexibility index (Phi) is 10.1. The molecule has 0 heterocycles. The molecule has 0 aliphatic rings. The van der Waals surface area contributed by atoms with Gasteiger partial charge in [-0.2, -0.15) is 0 Å². The first-order valence-corrected chi connectivity index (χ1v) is 18.7. The van der Waals surface area contributed by atoms with E-state index < -0.39 is 22.0 Å². The van der Waals surface area contributed by atoms with Gasteiger partial charge in [0.2, 0.25) is 0 Å². The first-order valence-electron chi connectivity index (χ1n) is 11.5. The van der Waals surface area contributed by atoms with Gasteiger partial charge in [0.25, 0.3) is 0 Å². The first kappa shape index (κ1) is 26.5. The van der Waals surface area contributed by atoms with Gasteiger partial charge >= 0.3 is 177 Å². The molecule has 0 saturated heterocycles. The molecule has 5 heteroatoms. The van der Waals surface area contributed by atoms with Gasteiger partial charge in [-0.3, -0.25) is 0 Å². The van der Waals surface area contributed by atoms with Crippen LogP contribution in [0.4, 0.5) is 0 Å². The van der Waals surface area contributed by atoms with Gasteiger partial charge in [0, 0.05) is 0 Å². The molecule has 2 nitrogen and oxygen atoms in total. The Hall–Kier alpha value is 0.430. The second-order valence-corrected chi connectivity index (χ2v) is 23.2. The van der Waals surface area contributed by atoms with Crippen molar-refractivity contribution in [3.63, 3.8) is 0 Å². The predicted molar refractivity (Wildman–Crippen MR) is 137 cm³/mol. The summed E-state index contributed by atoms with van der Waals surface area (Å²) in [6, 6.07) is 10.8. The normalized spacial score (nSPS) is 16.7. The monoisotopic (exact) mass is 448 g/mol. The van der Waals surface area contributed by atoms with Crippen molar-refractivity contribution >= 4 is 22.0 Å². The summed E-state index contributed by atoms with van der Waals surface area (Å²) in [5.41, 5.74) is 1.35. The van der Waals surface area contributed by atoms with Gasteiger partial charge in [0.15, 0.2) is 0 Å². The van der Waals surface area contributed by atoms with Crippen molar-refractivity contribution in [1.82, 2.24) is 0 Å². The molecular formula is C23H47O2P3. The molecule has 0 spiro atoms. The molecule has 0 unspecified atom stereocenters. The maximum atomic E-state index is 7.32. The average molecular weight is 449 g/mol. The molecule has 0 aliphatic heterocycles. The van der Waals surface area contributed by atoms with Gasteiger partial charge < -0.3 is 0 Å². The quantitative estimate of drug-likeness (QED) is 0.265. The van der Waals surface area contributed by atoms with E-state index in [2.05, 4.69) is 85.7 Å². The molecule has 0 saturated carbocycles. The summed E-state index contributed by atoms with van der Waals surface area (Å²) in [7, 11) is -0.941. The van der Waals surface area contributed by atoms with Crippen LogP contribution >= 0.6 is 22.0 Å². The summed E-state index contributed by atoms with van der Waals surface area (Å²) in [4.78, 5) is 0. The molecule has 0 bridgehead atoms. The molecule has 0 aromatic heterocycles. The zero-order valence-electron chi connectivity index (χ0n) is 19.9. The molecule has 0 aliphatic carbocycles. The second-order valence-electron chi connectivity index (χ2n) is 8.39. The van der Waals surface area contributed by atoms with E-state index in [0.29, 0.717) is 0 Å². The number of hydrogen-bond acceptors (Lipinski definition) is 2. The van der Waals surface area contributed by atoms with Gasteiger partial charge in [-0.1, -0.05) is 0 Å². The molecule has 0 atom stereocenters. The molecular weight excluding hydrogens is 401 g/mol. The molecule has 1 rings (SSSR count). The summed E-state index contributed by atoms with van der Waals surface area (Å²) in [6.07, 6.45) is 10.2. The minimum absolute atomic E-state index is 0.923. The zero-order valence-corrected chi connectivity index (χ0v) is 22.6.